The molecule has 0 aromatic carbocycles. The van der Waals surface area contributed by atoms with Gasteiger partial charge in [0.15, 0.2) is 0 Å². The van der Waals surface area contributed by atoms with Crippen molar-refractivity contribution < 1.29 is 14.6 Å². The molecule has 4 bridgehead atoms. The monoisotopic (exact) mass is 222 g/mol. The highest BCUT2D eigenvalue weighted by Gasteiger charge is 2.49. The van der Waals surface area contributed by atoms with Gasteiger partial charge in [-0.2, -0.15) is 0 Å². The van der Waals surface area contributed by atoms with Crippen LogP contribution in [-0.4, -0.2) is 17.2 Å². The van der Waals surface area contributed by atoms with Gasteiger partial charge in [0, 0.05) is 0 Å². The van der Waals surface area contributed by atoms with Crippen LogP contribution in [0.3, 0.4) is 0 Å². The predicted octanol–water partition coefficient (Wildman–Crippen LogP) is 2.43. The van der Waals surface area contributed by atoms with Crippen molar-refractivity contribution in [3.63, 3.8) is 0 Å². The molecule has 4 fully saturated rings. The fraction of sp³-hybridized carbons (Fsp3) is 0.769. The lowest BCUT2D eigenvalue weighted by Gasteiger charge is -2.53. The summed E-state index contributed by atoms with van der Waals surface area (Å²) in [6.45, 7) is 0. The van der Waals surface area contributed by atoms with E-state index < -0.39 is 5.97 Å². The Kier molecular flexibility index (Phi) is 2.41. The van der Waals surface area contributed by atoms with Crippen molar-refractivity contribution in [1.82, 2.24) is 0 Å². The Morgan fingerprint density at radius 1 is 1.06 bits per heavy atom. The summed E-state index contributed by atoms with van der Waals surface area (Å²) in [6, 6.07) is 0. The Bertz CT molecular complexity index is 293. The molecule has 0 aliphatic heterocycles. The second kappa shape index (κ2) is 3.79. The quantitative estimate of drug-likeness (QED) is 0.589. The molecule has 0 amide bonds. The minimum absolute atomic E-state index is 0.295. The molecule has 0 saturated heterocycles. The van der Waals surface area contributed by atoms with Crippen LogP contribution in [0, 0.1) is 23.7 Å². The van der Waals surface area contributed by atoms with Gasteiger partial charge >= 0.3 is 5.97 Å². The van der Waals surface area contributed by atoms with Crippen molar-refractivity contribution in [2.75, 3.05) is 0 Å². The summed E-state index contributed by atoms with van der Waals surface area (Å²) >= 11 is 0. The molecule has 88 valence electrons. The Labute approximate surface area is 95.5 Å². The van der Waals surface area contributed by atoms with Crippen LogP contribution in [0.25, 0.3) is 0 Å². The summed E-state index contributed by atoms with van der Waals surface area (Å²) in [7, 11) is 0. The molecular formula is C13H18O3. The summed E-state index contributed by atoms with van der Waals surface area (Å²) in [5.41, 5.74) is 0. The number of carboxylic acids is 1. The van der Waals surface area contributed by atoms with E-state index in [-0.39, 0.29) is 0 Å². The van der Waals surface area contributed by atoms with E-state index in [9.17, 15) is 4.79 Å². The molecule has 0 atom stereocenters. The topological polar surface area (TPSA) is 46.5 Å². The van der Waals surface area contributed by atoms with Gasteiger partial charge in [-0.15, -0.1) is 0 Å². The summed E-state index contributed by atoms with van der Waals surface area (Å²) in [4.78, 5) is 10.4. The van der Waals surface area contributed by atoms with Gasteiger partial charge in [0.2, 0.25) is 0 Å². The third-order valence-corrected chi connectivity index (χ3v) is 4.59. The number of carboxylic acid groups (broad SMARTS) is 1. The van der Waals surface area contributed by atoms with Crippen LogP contribution in [0.4, 0.5) is 0 Å². The van der Waals surface area contributed by atoms with Gasteiger partial charge in [0.1, 0.15) is 6.10 Å². The summed E-state index contributed by atoms with van der Waals surface area (Å²) in [5, 5.41) is 8.53. The number of rotatable bonds is 3. The highest BCUT2D eigenvalue weighted by Crippen LogP contribution is 2.54. The van der Waals surface area contributed by atoms with Gasteiger partial charge in [-0.25, -0.2) is 4.79 Å². The minimum Gasteiger partial charge on any atom is -0.497 e. The first-order valence-electron chi connectivity index (χ1n) is 6.27. The van der Waals surface area contributed by atoms with Crippen molar-refractivity contribution in [2.45, 2.75) is 38.2 Å². The molecule has 0 radical (unpaired) electrons. The molecule has 0 spiro atoms. The van der Waals surface area contributed by atoms with Crippen LogP contribution >= 0.6 is 0 Å². The lowest BCUT2D eigenvalue weighted by Crippen LogP contribution is -2.48. The van der Waals surface area contributed by atoms with Crippen LogP contribution < -0.4 is 0 Å². The number of aliphatic carboxylic acids is 1. The van der Waals surface area contributed by atoms with Crippen LogP contribution in [-0.2, 0) is 9.53 Å². The van der Waals surface area contributed by atoms with Crippen molar-refractivity contribution in [3.8, 4) is 0 Å². The first kappa shape index (κ1) is 10.2. The van der Waals surface area contributed by atoms with Gasteiger partial charge < -0.3 is 9.84 Å². The average Bonchev–Trinajstić information content (AvgIpc) is 2.20. The van der Waals surface area contributed by atoms with Gasteiger partial charge in [0.25, 0.3) is 0 Å². The molecule has 1 N–H and O–H groups in total. The van der Waals surface area contributed by atoms with E-state index in [0.29, 0.717) is 17.9 Å². The summed E-state index contributed by atoms with van der Waals surface area (Å²) in [5.74, 6) is 2.32. The zero-order valence-corrected chi connectivity index (χ0v) is 9.34. The third-order valence-electron chi connectivity index (χ3n) is 4.59. The molecule has 0 aromatic rings. The molecule has 3 heteroatoms. The lowest BCUT2D eigenvalue weighted by molar-refractivity contribution is -0.132. The molecule has 0 aromatic heterocycles. The number of hydrogen-bond acceptors (Lipinski definition) is 2. The Hall–Kier alpha value is -0.990. The molecule has 4 saturated carbocycles. The Balaban J connectivity index is 1.65. The van der Waals surface area contributed by atoms with Crippen molar-refractivity contribution in [1.29, 1.82) is 0 Å². The van der Waals surface area contributed by atoms with Gasteiger partial charge in [-0.05, 0) is 55.8 Å². The van der Waals surface area contributed by atoms with E-state index >= 15 is 0 Å². The normalized spacial score (nSPS) is 45.1. The zero-order chi connectivity index (χ0) is 11.1. The van der Waals surface area contributed by atoms with Crippen LogP contribution in [0.15, 0.2) is 12.3 Å². The van der Waals surface area contributed by atoms with Crippen LogP contribution in [0.1, 0.15) is 32.1 Å². The fourth-order valence-corrected chi connectivity index (χ4v) is 4.29. The summed E-state index contributed by atoms with van der Waals surface area (Å²) < 4.78 is 5.67. The average molecular weight is 222 g/mol. The number of hydrogen-bond donors (Lipinski definition) is 1. The Morgan fingerprint density at radius 2 is 1.62 bits per heavy atom. The highest BCUT2D eigenvalue weighted by molar-refractivity contribution is 5.79. The maximum atomic E-state index is 10.4. The predicted molar refractivity (Wildman–Crippen MR) is 58.7 cm³/mol. The zero-order valence-electron chi connectivity index (χ0n) is 9.34. The highest BCUT2D eigenvalue weighted by atomic mass is 16.5. The smallest absolute Gasteiger partial charge is 0.331 e. The van der Waals surface area contributed by atoms with Gasteiger partial charge in [0.05, 0.1) is 12.3 Å². The maximum Gasteiger partial charge on any atom is 0.331 e. The molecule has 3 nitrogen and oxygen atoms in total. The fourth-order valence-electron chi connectivity index (χ4n) is 4.29. The molecular weight excluding hydrogens is 204 g/mol. The minimum atomic E-state index is -0.927. The number of carbonyl (C=O) groups is 1. The maximum absolute atomic E-state index is 10.4. The van der Waals surface area contributed by atoms with Crippen molar-refractivity contribution in [2.24, 2.45) is 23.7 Å². The van der Waals surface area contributed by atoms with E-state index in [2.05, 4.69) is 0 Å². The van der Waals surface area contributed by atoms with Crippen molar-refractivity contribution in [3.05, 3.63) is 12.3 Å². The molecule has 4 aliphatic carbocycles. The lowest BCUT2D eigenvalue weighted by atomic mass is 9.55. The van der Waals surface area contributed by atoms with Crippen LogP contribution in [0.2, 0.25) is 0 Å². The van der Waals surface area contributed by atoms with E-state index in [0.717, 1.165) is 17.9 Å². The van der Waals surface area contributed by atoms with Gasteiger partial charge in [-0.3, -0.25) is 0 Å². The van der Waals surface area contributed by atoms with Gasteiger partial charge in [-0.1, -0.05) is 0 Å². The van der Waals surface area contributed by atoms with E-state index in [4.69, 9.17) is 9.84 Å². The largest absolute Gasteiger partial charge is 0.497 e. The SMILES string of the molecule is O=C(O)/C=C/OC1C2CC3CC(C2)CC1C3. The third kappa shape index (κ3) is 1.72. The summed E-state index contributed by atoms with van der Waals surface area (Å²) in [6.07, 6.45) is 9.43. The van der Waals surface area contributed by atoms with Crippen molar-refractivity contribution >= 4 is 5.97 Å². The molecule has 0 unspecified atom stereocenters. The molecule has 4 aliphatic rings. The van der Waals surface area contributed by atoms with E-state index in [1.807, 2.05) is 0 Å². The van der Waals surface area contributed by atoms with E-state index in [1.165, 1.54) is 38.4 Å². The standard InChI is InChI=1S/C13H18O3/c14-12(15)1-2-16-13-10-4-8-3-9(6-10)7-11(13)5-8/h1-2,8-11,13H,3-7H2,(H,14,15)/b2-1+. The first-order valence-corrected chi connectivity index (χ1v) is 6.27. The molecule has 16 heavy (non-hydrogen) atoms. The second-order valence-electron chi connectivity index (χ2n) is 5.67. The van der Waals surface area contributed by atoms with E-state index in [1.54, 1.807) is 0 Å². The number of ether oxygens (including phenoxy) is 1. The van der Waals surface area contributed by atoms with Crippen LogP contribution in [0.5, 0.6) is 0 Å². The Morgan fingerprint density at radius 3 is 2.12 bits per heavy atom. The second-order valence-corrected chi connectivity index (χ2v) is 5.67. The molecule has 0 heterocycles. The molecule has 4 rings (SSSR count). The first-order chi connectivity index (χ1) is 7.72.